The highest BCUT2D eigenvalue weighted by Crippen LogP contribution is 2.19. The van der Waals surface area contributed by atoms with Crippen molar-refractivity contribution in [2.24, 2.45) is 0 Å². The quantitative estimate of drug-likeness (QED) is 0.790. The van der Waals surface area contributed by atoms with Crippen LogP contribution in [0.1, 0.15) is 23.6 Å². The third kappa shape index (κ3) is 5.02. The van der Waals surface area contributed by atoms with Crippen LogP contribution in [0.3, 0.4) is 0 Å². The highest BCUT2D eigenvalue weighted by Gasteiger charge is 2.06. The molecule has 0 fully saturated rings. The number of hydrogen-bond acceptors (Lipinski definition) is 2. The van der Waals surface area contributed by atoms with Crippen molar-refractivity contribution >= 4 is 11.7 Å². The number of hydrogen-bond donors (Lipinski definition) is 2. The lowest BCUT2D eigenvalue weighted by Crippen LogP contribution is -2.32. The van der Waals surface area contributed by atoms with Crippen molar-refractivity contribution in [3.05, 3.63) is 59.2 Å². The molecule has 0 aliphatic carbocycles. The minimum absolute atomic E-state index is 0.215. The Bertz CT molecular complexity index is 631. The fourth-order valence-electron chi connectivity index (χ4n) is 2.32. The molecule has 0 radical (unpaired) electrons. The Labute approximate surface area is 137 Å². The van der Waals surface area contributed by atoms with Crippen LogP contribution in [0.2, 0.25) is 0 Å². The van der Waals surface area contributed by atoms with Crippen molar-refractivity contribution in [3.63, 3.8) is 0 Å². The van der Waals surface area contributed by atoms with E-state index in [0.29, 0.717) is 13.2 Å². The van der Waals surface area contributed by atoms with Crippen molar-refractivity contribution in [1.29, 1.82) is 0 Å². The topological polar surface area (TPSA) is 50.4 Å². The van der Waals surface area contributed by atoms with Gasteiger partial charge in [0.25, 0.3) is 0 Å². The van der Waals surface area contributed by atoms with E-state index in [1.807, 2.05) is 44.2 Å². The predicted molar refractivity (Wildman–Crippen MR) is 94.3 cm³/mol. The summed E-state index contributed by atoms with van der Waals surface area (Å²) in [5, 5.41) is 5.69. The van der Waals surface area contributed by atoms with Gasteiger partial charge in [0.2, 0.25) is 0 Å². The Kier molecular flexibility index (Phi) is 6.03. The van der Waals surface area contributed by atoms with Gasteiger partial charge < -0.3 is 15.4 Å². The molecule has 0 bridgehead atoms. The summed E-state index contributed by atoms with van der Waals surface area (Å²) in [7, 11) is 0. The van der Waals surface area contributed by atoms with Crippen molar-refractivity contribution in [1.82, 2.24) is 5.32 Å². The molecule has 23 heavy (non-hydrogen) atoms. The fourth-order valence-corrected chi connectivity index (χ4v) is 2.32. The molecule has 0 unspecified atom stereocenters. The maximum atomic E-state index is 11.9. The number of nitrogens with one attached hydrogen (secondary N) is 2. The van der Waals surface area contributed by atoms with E-state index in [1.54, 1.807) is 0 Å². The molecule has 0 spiro atoms. The van der Waals surface area contributed by atoms with Crippen LogP contribution in [0, 0.1) is 13.8 Å². The van der Waals surface area contributed by atoms with Crippen LogP contribution in [-0.2, 0) is 6.42 Å². The number of carbonyl (C=O) groups is 1. The molecule has 4 heteroatoms. The summed E-state index contributed by atoms with van der Waals surface area (Å²) in [4.78, 5) is 11.9. The van der Waals surface area contributed by atoms with Crippen LogP contribution < -0.4 is 15.4 Å². The van der Waals surface area contributed by atoms with E-state index in [4.69, 9.17) is 4.74 Å². The third-order valence-corrected chi connectivity index (χ3v) is 3.71. The Balaban J connectivity index is 1.74. The minimum atomic E-state index is -0.215. The average Bonchev–Trinajstić information content (AvgIpc) is 2.56. The van der Waals surface area contributed by atoms with Crippen molar-refractivity contribution in [3.8, 4) is 5.75 Å². The molecule has 0 aliphatic heterocycles. The number of amides is 2. The minimum Gasteiger partial charge on any atom is -0.492 e. The smallest absolute Gasteiger partial charge is 0.319 e. The summed E-state index contributed by atoms with van der Waals surface area (Å²) >= 11 is 0. The largest absolute Gasteiger partial charge is 0.492 e. The van der Waals surface area contributed by atoms with Crippen LogP contribution >= 0.6 is 0 Å². The molecule has 2 aromatic rings. The molecule has 2 N–H and O–H groups in total. The highest BCUT2D eigenvalue weighted by atomic mass is 16.5. The number of benzene rings is 2. The zero-order valence-electron chi connectivity index (χ0n) is 14.0. The van der Waals surface area contributed by atoms with Crippen LogP contribution in [0.25, 0.3) is 0 Å². The van der Waals surface area contributed by atoms with Gasteiger partial charge in [0, 0.05) is 5.69 Å². The van der Waals surface area contributed by atoms with Gasteiger partial charge >= 0.3 is 6.03 Å². The SMILES string of the molecule is CCc1ccc(OCCNC(=O)Nc2c(C)cccc2C)cc1. The first kappa shape index (κ1) is 16.9. The summed E-state index contributed by atoms with van der Waals surface area (Å²) in [5.41, 5.74) is 4.24. The van der Waals surface area contributed by atoms with Gasteiger partial charge in [-0.3, -0.25) is 0 Å². The van der Waals surface area contributed by atoms with Crippen molar-refractivity contribution in [2.75, 3.05) is 18.5 Å². The number of carbonyl (C=O) groups excluding carboxylic acids is 1. The van der Waals surface area contributed by atoms with Gasteiger partial charge in [-0.05, 0) is 49.1 Å². The molecule has 0 atom stereocenters. The van der Waals surface area contributed by atoms with Crippen LogP contribution in [-0.4, -0.2) is 19.2 Å². The Morgan fingerprint density at radius 2 is 1.70 bits per heavy atom. The zero-order valence-corrected chi connectivity index (χ0v) is 14.0. The molecule has 0 saturated carbocycles. The number of urea groups is 1. The van der Waals surface area contributed by atoms with Gasteiger partial charge in [0.05, 0.1) is 6.54 Å². The number of ether oxygens (including phenoxy) is 1. The van der Waals surface area contributed by atoms with Crippen LogP contribution in [0.4, 0.5) is 10.5 Å². The lowest BCUT2D eigenvalue weighted by Gasteiger charge is -2.12. The maximum absolute atomic E-state index is 11.9. The molecule has 2 aromatic carbocycles. The van der Waals surface area contributed by atoms with Crippen LogP contribution in [0.15, 0.2) is 42.5 Å². The molecule has 0 aliphatic rings. The second-order valence-corrected chi connectivity index (χ2v) is 5.49. The lowest BCUT2D eigenvalue weighted by atomic mass is 10.1. The molecule has 4 nitrogen and oxygen atoms in total. The van der Waals surface area contributed by atoms with E-state index >= 15 is 0 Å². The van der Waals surface area contributed by atoms with Crippen molar-refractivity contribution in [2.45, 2.75) is 27.2 Å². The molecule has 0 heterocycles. The average molecular weight is 312 g/mol. The van der Waals surface area contributed by atoms with E-state index in [0.717, 1.165) is 29.0 Å². The Hall–Kier alpha value is -2.49. The number of rotatable bonds is 6. The van der Waals surface area contributed by atoms with E-state index in [-0.39, 0.29) is 6.03 Å². The first-order chi connectivity index (χ1) is 11.1. The monoisotopic (exact) mass is 312 g/mol. The molecular weight excluding hydrogens is 288 g/mol. The fraction of sp³-hybridized carbons (Fsp3) is 0.316. The summed E-state index contributed by atoms with van der Waals surface area (Å²) in [5.74, 6) is 0.819. The third-order valence-electron chi connectivity index (χ3n) is 3.71. The molecule has 0 saturated heterocycles. The summed E-state index contributed by atoms with van der Waals surface area (Å²) in [6.07, 6.45) is 1.01. The van der Waals surface area contributed by atoms with E-state index in [9.17, 15) is 4.79 Å². The lowest BCUT2D eigenvalue weighted by molar-refractivity contribution is 0.247. The van der Waals surface area contributed by atoms with E-state index in [1.165, 1.54) is 5.56 Å². The molecule has 122 valence electrons. The van der Waals surface area contributed by atoms with Gasteiger partial charge in [-0.1, -0.05) is 37.3 Å². The first-order valence-corrected chi connectivity index (χ1v) is 7.93. The van der Waals surface area contributed by atoms with Crippen LogP contribution in [0.5, 0.6) is 5.75 Å². The summed E-state index contributed by atoms with van der Waals surface area (Å²) in [6.45, 7) is 6.96. The van der Waals surface area contributed by atoms with Gasteiger partial charge in [-0.2, -0.15) is 0 Å². The van der Waals surface area contributed by atoms with Gasteiger partial charge in [-0.15, -0.1) is 0 Å². The summed E-state index contributed by atoms with van der Waals surface area (Å²) in [6, 6.07) is 13.7. The molecule has 2 amide bonds. The predicted octanol–water partition coefficient (Wildman–Crippen LogP) is 4.07. The summed E-state index contributed by atoms with van der Waals surface area (Å²) < 4.78 is 5.61. The zero-order chi connectivity index (χ0) is 16.7. The number of anilines is 1. The first-order valence-electron chi connectivity index (χ1n) is 7.93. The normalized spacial score (nSPS) is 10.2. The second-order valence-electron chi connectivity index (χ2n) is 5.49. The van der Waals surface area contributed by atoms with Crippen molar-refractivity contribution < 1.29 is 9.53 Å². The van der Waals surface area contributed by atoms with Gasteiger partial charge in [0.1, 0.15) is 12.4 Å². The molecule has 0 aromatic heterocycles. The van der Waals surface area contributed by atoms with Gasteiger partial charge in [0.15, 0.2) is 0 Å². The Morgan fingerprint density at radius 3 is 2.30 bits per heavy atom. The van der Waals surface area contributed by atoms with Gasteiger partial charge in [-0.25, -0.2) is 4.79 Å². The number of para-hydroxylation sites is 1. The second kappa shape index (κ2) is 8.22. The highest BCUT2D eigenvalue weighted by molar-refractivity contribution is 5.90. The molecular formula is C19H24N2O2. The van der Waals surface area contributed by atoms with E-state index < -0.39 is 0 Å². The maximum Gasteiger partial charge on any atom is 0.319 e. The van der Waals surface area contributed by atoms with E-state index in [2.05, 4.69) is 29.7 Å². The standard InChI is InChI=1S/C19H24N2O2/c1-4-16-8-10-17(11-9-16)23-13-12-20-19(22)21-18-14(2)6-5-7-15(18)3/h5-11H,4,12-13H2,1-3H3,(H2,20,21,22). The number of aryl methyl sites for hydroxylation is 3. The Morgan fingerprint density at radius 1 is 1.04 bits per heavy atom. The molecule has 2 rings (SSSR count).